The van der Waals surface area contributed by atoms with Crippen molar-refractivity contribution in [1.82, 2.24) is 4.57 Å². The molecule has 0 unspecified atom stereocenters. The molecule has 1 aliphatic heterocycles. The first kappa shape index (κ1) is 24.4. The number of hydrogen-bond acceptors (Lipinski definition) is 4. The summed E-state index contributed by atoms with van der Waals surface area (Å²) in [5, 5.41) is 13.5. The van der Waals surface area contributed by atoms with E-state index in [-0.39, 0.29) is 18.4 Å². The van der Waals surface area contributed by atoms with Crippen LogP contribution in [-0.4, -0.2) is 30.3 Å². The van der Waals surface area contributed by atoms with Crippen molar-refractivity contribution in [3.63, 3.8) is 0 Å². The molecule has 37 heavy (non-hydrogen) atoms. The molecule has 0 saturated carbocycles. The Balaban J connectivity index is 1.62. The number of hydrogen-bond donors (Lipinski definition) is 1. The number of nitrogens with zero attached hydrogens (tertiary/aromatic N) is 2. The summed E-state index contributed by atoms with van der Waals surface area (Å²) in [6.45, 7) is 1.27. The first-order valence-electron chi connectivity index (χ1n) is 12.5. The monoisotopic (exact) mass is 491 g/mol. The Morgan fingerprint density at radius 2 is 1.70 bits per heavy atom. The van der Waals surface area contributed by atoms with Crippen molar-refractivity contribution in [2.24, 2.45) is 0 Å². The van der Waals surface area contributed by atoms with Gasteiger partial charge in [-0.25, -0.2) is 0 Å². The van der Waals surface area contributed by atoms with Gasteiger partial charge in [-0.1, -0.05) is 72.8 Å². The number of aromatic nitrogens is 1. The molecule has 1 N–H and O–H groups in total. The van der Waals surface area contributed by atoms with Crippen molar-refractivity contribution in [3.8, 4) is 34.2 Å². The van der Waals surface area contributed by atoms with E-state index in [1.165, 1.54) is 0 Å². The summed E-state index contributed by atoms with van der Waals surface area (Å²) >= 11 is 0. The van der Waals surface area contributed by atoms with Crippen LogP contribution in [0.4, 0.5) is 5.82 Å². The van der Waals surface area contributed by atoms with Crippen LogP contribution in [0.2, 0.25) is 0 Å². The third kappa shape index (κ3) is 5.28. The van der Waals surface area contributed by atoms with Crippen molar-refractivity contribution < 1.29 is 14.3 Å². The molecule has 1 fully saturated rings. The minimum absolute atomic E-state index is 0.0160. The predicted octanol–water partition coefficient (Wildman–Crippen LogP) is 6.06. The van der Waals surface area contributed by atoms with Crippen molar-refractivity contribution in [3.05, 3.63) is 96.1 Å². The van der Waals surface area contributed by atoms with Gasteiger partial charge in [0.15, 0.2) is 0 Å². The molecule has 2 heterocycles. The van der Waals surface area contributed by atoms with Crippen molar-refractivity contribution in [2.45, 2.75) is 31.9 Å². The summed E-state index contributed by atoms with van der Waals surface area (Å²) in [5.74, 6) is 1.06. The Kier molecular flexibility index (Phi) is 7.34. The fourth-order valence-electron chi connectivity index (χ4n) is 4.92. The normalized spacial score (nSPS) is 14.8. The van der Waals surface area contributed by atoms with Crippen LogP contribution in [0.3, 0.4) is 0 Å². The topological polar surface area (TPSA) is 76.3 Å². The van der Waals surface area contributed by atoms with Crippen LogP contribution >= 0.6 is 0 Å². The standard InChI is InChI=1S/C31H29N3O3/c1-36-25-16-14-22(15-17-25)19-28(35)33-31-27(20-32)29(23-9-4-2-5-10-23)30(24-11-6-3-7-12-24)34(31)21-26-13-8-18-37-26/h2-7,9-12,14-17,26H,8,13,18-19,21H2,1H3,(H,33,35)/t26-/m0/s1. The summed E-state index contributed by atoms with van der Waals surface area (Å²) in [6, 6.07) is 29.7. The number of methoxy groups -OCH3 is 1. The second-order valence-electron chi connectivity index (χ2n) is 9.11. The van der Waals surface area contributed by atoms with Gasteiger partial charge in [-0.15, -0.1) is 0 Å². The second kappa shape index (κ2) is 11.2. The Morgan fingerprint density at radius 3 is 2.30 bits per heavy atom. The molecule has 1 aromatic heterocycles. The number of benzene rings is 3. The van der Waals surface area contributed by atoms with Crippen LogP contribution in [0.5, 0.6) is 5.75 Å². The average Bonchev–Trinajstić information content (AvgIpc) is 3.56. The largest absolute Gasteiger partial charge is 0.497 e. The van der Waals surface area contributed by atoms with E-state index in [0.29, 0.717) is 17.9 Å². The van der Waals surface area contributed by atoms with Crippen LogP contribution in [0.15, 0.2) is 84.9 Å². The molecule has 6 heteroatoms. The number of ether oxygens (including phenoxy) is 2. The molecule has 186 valence electrons. The Labute approximate surface area is 217 Å². The molecule has 1 atom stereocenters. The predicted molar refractivity (Wildman–Crippen MR) is 144 cm³/mol. The molecule has 5 rings (SSSR count). The third-order valence-electron chi connectivity index (χ3n) is 6.68. The zero-order valence-corrected chi connectivity index (χ0v) is 20.8. The summed E-state index contributed by atoms with van der Waals surface area (Å²) in [6.07, 6.45) is 2.14. The van der Waals surface area contributed by atoms with E-state index < -0.39 is 0 Å². The van der Waals surface area contributed by atoms with Crippen LogP contribution in [-0.2, 0) is 22.5 Å². The smallest absolute Gasteiger partial charge is 0.229 e. The van der Waals surface area contributed by atoms with Gasteiger partial charge in [0.1, 0.15) is 23.2 Å². The summed E-state index contributed by atoms with van der Waals surface area (Å²) in [5.41, 5.74) is 4.93. The van der Waals surface area contributed by atoms with E-state index in [4.69, 9.17) is 9.47 Å². The molecular weight excluding hydrogens is 462 g/mol. The number of carbonyl (C=O) groups is 1. The zero-order chi connectivity index (χ0) is 25.6. The molecule has 0 bridgehead atoms. The van der Waals surface area contributed by atoms with Gasteiger partial charge in [0.25, 0.3) is 0 Å². The maximum absolute atomic E-state index is 13.3. The summed E-state index contributed by atoms with van der Waals surface area (Å²) < 4.78 is 13.3. The lowest BCUT2D eigenvalue weighted by atomic mass is 9.98. The van der Waals surface area contributed by atoms with E-state index >= 15 is 0 Å². The molecular formula is C31H29N3O3. The van der Waals surface area contributed by atoms with Gasteiger partial charge in [-0.3, -0.25) is 4.79 Å². The highest BCUT2D eigenvalue weighted by atomic mass is 16.5. The molecule has 1 saturated heterocycles. The minimum atomic E-state index is -0.188. The van der Waals surface area contributed by atoms with E-state index in [1.807, 2.05) is 84.9 Å². The van der Waals surface area contributed by atoms with Crippen LogP contribution in [0.1, 0.15) is 24.0 Å². The van der Waals surface area contributed by atoms with Crippen LogP contribution < -0.4 is 10.1 Å². The maximum atomic E-state index is 13.3. The highest BCUT2D eigenvalue weighted by molar-refractivity contribution is 5.98. The molecule has 1 amide bonds. The van der Waals surface area contributed by atoms with Crippen molar-refractivity contribution in [2.75, 3.05) is 19.0 Å². The van der Waals surface area contributed by atoms with Gasteiger partial charge in [0, 0.05) is 12.2 Å². The Bertz CT molecular complexity index is 1400. The van der Waals surface area contributed by atoms with E-state index in [0.717, 1.165) is 53.1 Å². The van der Waals surface area contributed by atoms with Crippen molar-refractivity contribution in [1.29, 1.82) is 5.26 Å². The van der Waals surface area contributed by atoms with E-state index in [2.05, 4.69) is 16.0 Å². The molecule has 6 nitrogen and oxygen atoms in total. The van der Waals surface area contributed by atoms with Gasteiger partial charge in [0.2, 0.25) is 5.91 Å². The van der Waals surface area contributed by atoms with Crippen LogP contribution in [0.25, 0.3) is 22.4 Å². The number of amides is 1. The quantitative estimate of drug-likeness (QED) is 0.325. The first-order valence-corrected chi connectivity index (χ1v) is 12.5. The number of rotatable bonds is 8. The number of nitrogens with one attached hydrogen (secondary N) is 1. The molecule has 3 aromatic carbocycles. The van der Waals surface area contributed by atoms with E-state index in [9.17, 15) is 10.1 Å². The van der Waals surface area contributed by atoms with Gasteiger partial charge in [-0.2, -0.15) is 5.26 Å². The SMILES string of the molecule is COc1ccc(CC(=O)Nc2c(C#N)c(-c3ccccc3)c(-c3ccccc3)n2C[C@@H]2CCCO2)cc1. The Morgan fingerprint density at radius 1 is 1.03 bits per heavy atom. The lowest BCUT2D eigenvalue weighted by molar-refractivity contribution is -0.115. The fraction of sp³-hybridized carbons (Fsp3) is 0.226. The van der Waals surface area contributed by atoms with Crippen LogP contribution in [0, 0.1) is 11.3 Å². The molecule has 0 spiro atoms. The highest BCUT2D eigenvalue weighted by Gasteiger charge is 2.28. The Hall–Kier alpha value is -4.34. The fourth-order valence-corrected chi connectivity index (χ4v) is 4.92. The van der Waals surface area contributed by atoms with E-state index in [1.54, 1.807) is 7.11 Å². The maximum Gasteiger partial charge on any atom is 0.229 e. The first-order chi connectivity index (χ1) is 18.2. The molecule has 0 radical (unpaired) electrons. The lowest BCUT2D eigenvalue weighted by Crippen LogP contribution is -2.22. The third-order valence-corrected chi connectivity index (χ3v) is 6.68. The van der Waals surface area contributed by atoms with Gasteiger partial charge < -0.3 is 19.4 Å². The molecule has 4 aromatic rings. The average molecular weight is 492 g/mol. The summed E-state index contributed by atoms with van der Waals surface area (Å²) in [4.78, 5) is 13.3. The van der Waals surface area contributed by atoms with Gasteiger partial charge in [-0.05, 0) is 41.7 Å². The highest BCUT2D eigenvalue weighted by Crippen LogP contribution is 2.42. The second-order valence-corrected chi connectivity index (χ2v) is 9.11. The van der Waals surface area contributed by atoms with Gasteiger partial charge >= 0.3 is 0 Å². The number of anilines is 1. The lowest BCUT2D eigenvalue weighted by Gasteiger charge is -2.18. The molecule has 1 aliphatic rings. The van der Waals surface area contributed by atoms with Gasteiger partial charge in [0.05, 0.1) is 31.9 Å². The number of carbonyl (C=O) groups excluding carboxylic acids is 1. The van der Waals surface area contributed by atoms with Crippen molar-refractivity contribution >= 4 is 11.7 Å². The zero-order valence-electron chi connectivity index (χ0n) is 20.8. The minimum Gasteiger partial charge on any atom is -0.497 e. The molecule has 0 aliphatic carbocycles. The summed E-state index contributed by atoms with van der Waals surface area (Å²) in [7, 11) is 1.61. The number of nitriles is 1.